The average molecular weight is 281 g/mol. The maximum absolute atomic E-state index is 12.3. The lowest BCUT2D eigenvalue weighted by molar-refractivity contribution is -0.0500. The number of hydrogen-bond donors (Lipinski definition) is 1. The summed E-state index contributed by atoms with van der Waals surface area (Å²) in [6, 6.07) is 6.71. The number of nitrogens with one attached hydrogen (secondary N) is 1. The molecule has 1 heterocycles. The van der Waals surface area contributed by atoms with Crippen LogP contribution < -0.4 is 10.1 Å². The second kappa shape index (κ2) is 7.17. The number of ether oxygens (including phenoxy) is 1. The quantitative estimate of drug-likeness (QED) is 0.890. The van der Waals surface area contributed by atoms with Gasteiger partial charge in [-0.25, -0.2) is 0 Å². The highest BCUT2D eigenvalue weighted by molar-refractivity contribution is 5.45. The molecular weight excluding hydrogens is 264 g/mol. The molecule has 108 valence electrons. The lowest BCUT2D eigenvalue weighted by Gasteiger charge is -2.27. The molecule has 0 bridgehead atoms. The third-order valence-corrected chi connectivity index (χ3v) is 3.31. The van der Waals surface area contributed by atoms with Gasteiger partial charge in [0.05, 0.1) is 5.56 Å². The zero-order valence-electron chi connectivity index (χ0n) is 11.1. The lowest BCUT2D eigenvalue weighted by atomic mass is 10.1. The van der Waals surface area contributed by atoms with Crippen molar-refractivity contribution >= 4 is 0 Å². The first-order valence-corrected chi connectivity index (χ1v) is 6.60. The fourth-order valence-electron chi connectivity index (χ4n) is 2.23. The molecule has 6 heteroatoms. The third-order valence-electron chi connectivity index (χ3n) is 3.31. The molecule has 0 aromatic heterocycles. The number of benzene rings is 1. The van der Waals surface area contributed by atoms with Crippen LogP contribution in [0.3, 0.4) is 0 Å². The van der Waals surface area contributed by atoms with Gasteiger partial charge in [0.15, 0.2) is 0 Å². The van der Waals surface area contributed by atoms with Crippen LogP contribution in [0.4, 0.5) is 8.78 Å². The van der Waals surface area contributed by atoms with Crippen LogP contribution >= 0.6 is 0 Å². The number of piperazine rings is 1. The van der Waals surface area contributed by atoms with Crippen LogP contribution in [0.2, 0.25) is 0 Å². The summed E-state index contributed by atoms with van der Waals surface area (Å²) in [6.07, 6.45) is 0.755. The summed E-state index contributed by atoms with van der Waals surface area (Å²) in [7, 11) is 0. The fraction of sp³-hybridized carbons (Fsp3) is 0.500. The minimum Gasteiger partial charge on any atom is -0.433 e. The molecular formula is C14H17F2N3O. The summed E-state index contributed by atoms with van der Waals surface area (Å²) < 4.78 is 29.0. The Bertz CT molecular complexity index is 482. The van der Waals surface area contributed by atoms with Gasteiger partial charge in [-0.2, -0.15) is 14.0 Å². The molecule has 1 fully saturated rings. The van der Waals surface area contributed by atoms with E-state index in [9.17, 15) is 8.78 Å². The number of halogens is 2. The SMILES string of the molecule is N#Cc1ccc(CCN2CCNCC2)cc1OC(F)F. The molecule has 1 aromatic rings. The normalized spacial score (nSPS) is 16.1. The minimum absolute atomic E-state index is 0.0414. The molecule has 4 nitrogen and oxygen atoms in total. The first kappa shape index (κ1) is 14.7. The lowest BCUT2D eigenvalue weighted by Crippen LogP contribution is -2.44. The van der Waals surface area contributed by atoms with Crippen LogP contribution in [-0.4, -0.2) is 44.2 Å². The van der Waals surface area contributed by atoms with Crippen molar-refractivity contribution in [3.63, 3.8) is 0 Å². The van der Waals surface area contributed by atoms with Crippen molar-refractivity contribution in [2.24, 2.45) is 0 Å². The van der Waals surface area contributed by atoms with Crippen molar-refractivity contribution in [1.82, 2.24) is 10.2 Å². The molecule has 0 spiro atoms. The number of hydrogen-bond acceptors (Lipinski definition) is 4. The van der Waals surface area contributed by atoms with Crippen molar-refractivity contribution in [2.45, 2.75) is 13.0 Å². The Balaban J connectivity index is 1.99. The highest BCUT2D eigenvalue weighted by Gasteiger charge is 2.12. The van der Waals surface area contributed by atoms with Gasteiger partial charge in [-0.15, -0.1) is 0 Å². The standard InChI is InChI=1S/C14H17F2N3O/c15-14(16)20-13-9-11(1-2-12(13)10-17)3-6-19-7-4-18-5-8-19/h1-2,9,14,18H,3-8H2. The Morgan fingerprint density at radius 3 is 2.75 bits per heavy atom. The molecule has 1 saturated heterocycles. The predicted molar refractivity (Wildman–Crippen MR) is 70.8 cm³/mol. The van der Waals surface area contributed by atoms with Crippen LogP contribution in [0.15, 0.2) is 18.2 Å². The number of nitriles is 1. The summed E-state index contributed by atoms with van der Waals surface area (Å²) in [5, 5.41) is 12.1. The highest BCUT2D eigenvalue weighted by atomic mass is 19.3. The molecule has 1 aromatic carbocycles. The molecule has 0 saturated carbocycles. The van der Waals surface area contributed by atoms with E-state index in [1.54, 1.807) is 6.07 Å². The Kier molecular flexibility index (Phi) is 5.27. The van der Waals surface area contributed by atoms with Gasteiger partial charge in [0.25, 0.3) is 0 Å². The smallest absolute Gasteiger partial charge is 0.387 e. The number of alkyl halides is 2. The van der Waals surface area contributed by atoms with Gasteiger partial charge < -0.3 is 15.0 Å². The first-order valence-electron chi connectivity index (χ1n) is 6.60. The monoisotopic (exact) mass is 281 g/mol. The van der Waals surface area contributed by atoms with Gasteiger partial charge in [0.1, 0.15) is 11.8 Å². The molecule has 0 amide bonds. The van der Waals surface area contributed by atoms with E-state index < -0.39 is 6.61 Å². The van der Waals surface area contributed by atoms with E-state index in [0.717, 1.165) is 44.7 Å². The molecule has 1 N–H and O–H groups in total. The molecule has 0 aliphatic carbocycles. The van der Waals surface area contributed by atoms with E-state index in [2.05, 4.69) is 15.0 Å². The van der Waals surface area contributed by atoms with Gasteiger partial charge in [-0.05, 0) is 24.1 Å². The molecule has 1 aliphatic rings. The van der Waals surface area contributed by atoms with Gasteiger partial charge in [-0.1, -0.05) is 6.07 Å². The van der Waals surface area contributed by atoms with Crippen molar-refractivity contribution in [3.8, 4) is 11.8 Å². The van der Waals surface area contributed by atoms with E-state index in [4.69, 9.17) is 5.26 Å². The predicted octanol–water partition coefficient (Wildman–Crippen LogP) is 1.61. The number of nitrogens with zero attached hydrogens (tertiary/aromatic N) is 2. The Hall–Kier alpha value is -1.71. The molecule has 0 radical (unpaired) electrons. The maximum Gasteiger partial charge on any atom is 0.387 e. The van der Waals surface area contributed by atoms with Crippen LogP contribution in [0.25, 0.3) is 0 Å². The van der Waals surface area contributed by atoms with Crippen molar-refractivity contribution < 1.29 is 13.5 Å². The van der Waals surface area contributed by atoms with Crippen LogP contribution in [0, 0.1) is 11.3 Å². The van der Waals surface area contributed by atoms with E-state index in [-0.39, 0.29) is 11.3 Å². The molecule has 1 aliphatic heterocycles. The molecule has 2 rings (SSSR count). The first-order chi connectivity index (χ1) is 9.69. The fourth-order valence-corrected chi connectivity index (χ4v) is 2.23. The summed E-state index contributed by atoms with van der Waals surface area (Å²) in [5.41, 5.74) is 1.04. The van der Waals surface area contributed by atoms with Crippen LogP contribution in [0.1, 0.15) is 11.1 Å². The van der Waals surface area contributed by atoms with E-state index >= 15 is 0 Å². The van der Waals surface area contributed by atoms with Crippen molar-refractivity contribution in [2.75, 3.05) is 32.7 Å². The van der Waals surface area contributed by atoms with Crippen LogP contribution in [0.5, 0.6) is 5.75 Å². The Labute approximate surface area is 116 Å². The topological polar surface area (TPSA) is 48.3 Å². The van der Waals surface area contributed by atoms with Crippen molar-refractivity contribution in [3.05, 3.63) is 29.3 Å². The minimum atomic E-state index is -2.91. The van der Waals surface area contributed by atoms with Crippen molar-refractivity contribution in [1.29, 1.82) is 5.26 Å². The summed E-state index contributed by atoms with van der Waals surface area (Å²) in [4.78, 5) is 2.32. The third kappa shape index (κ3) is 4.15. The second-order valence-corrected chi connectivity index (χ2v) is 4.66. The van der Waals surface area contributed by atoms with Crippen LogP contribution in [-0.2, 0) is 6.42 Å². The largest absolute Gasteiger partial charge is 0.433 e. The van der Waals surface area contributed by atoms with Gasteiger partial charge in [-0.3, -0.25) is 0 Å². The zero-order chi connectivity index (χ0) is 14.4. The summed E-state index contributed by atoms with van der Waals surface area (Å²) >= 11 is 0. The zero-order valence-corrected chi connectivity index (χ0v) is 11.1. The maximum atomic E-state index is 12.3. The highest BCUT2D eigenvalue weighted by Crippen LogP contribution is 2.22. The van der Waals surface area contributed by atoms with Gasteiger partial charge in [0.2, 0.25) is 0 Å². The van der Waals surface area contributed by atoms with E-state index in [1.165, 1.54) is 12.1 Å². The van der Waals surface area contributed by atoms with Gasteiger partial charge >= 0.3 is 6.61 Å². The van der Waals surface area contributed by atoms with E-state index in [0.29, 0.717) is 0 Å². The molecule has 0 atom stereocenters. The second-order valence-electron chi connectivity index (χ2n) is 4.66. The molecule has 0 unspecified atom stereocenters. The summed E-state index contributed by atoms with van der Waals surface area (Å²) in [6.45, 7) is 1.92. The Morgan fingerprint density at radius 1 is 1.35 bits per heavy atom. The number of rotatable bonds is 5. The summed E-state index contributed by atoms with van der Waals surface area (Å²) in [5.74, 6) is -0.0414. The molecule has 20 heavy (non-hydrogen) atoms. The average Bonchev–Trinajstić information content (AvgIpc) is 2.46. The van der Waals surface area contributed by atoms with E-state index in [1.807, 2.05) is 6.07 Å². The Morgan fingerprint density at radius 2 is 2.10 bits per heavy atom. The van der Waals surface area contributed by atoms with Gasteiger partial charge in [0, 0.05) is 32.7 Å².